The molecular weight excluding hydrogens is 362 g/mol. The van der Waals surface area contributed by atoms with Crippen molar-refractivity contribution in [1.29, 1.82) is 0 Å². The largest absolute Gasteiger partial charge is 0.361 e. The molecular formula is C21H22ClN3S. The quantitative estimate of drug-likeness (QED) is 0.668. The molecule has 0 saturated heterocycles. The number of rotatable bonds is 3. The first-order chi connectivity index (χ1) is 12.3. The maximum atomic E-state index is 4.44. The highest BCUT2D eigenvalue weighted by atomic mass is 35.5. The van der Waals surface area contributed by atoms with Crippen molar-refractivity contribution in [1.82, 2.24) is 14.9 Å². The van der Waals surface area contributed by atoms with Crippen molar-refractivity contribution in [2.75, 3.05) is 19.3 Å². The van der Waals surface area contributed by atoms with Crippen LogP contribution in [0.4, 0.5) is 0 Å². The number of aromatic nitrogens is 2. The maximum absolute atomic E-state index is 4.44. The molecule has 2 aromatic heterocycles. The zero-order valence-corrected chi connectivity index (χ0v) is 16.3. The second kappa shape index (κ2) is 7.10. The van der Waals surface area contributed by atoms with Gasteiger partial charge < -0.3 is 4.98 Å². The summed E-state index contributed by atoms with van der Waals surface area (Å²) in [6.45, 7) is 1.11. The number of pyridine rings is 1. The average molecular weight is 384 g/mol. The first-order valence-corrected chi connectivity index (χ1v) is 9.83. The van der Waals surface area contributed by atoms with Gasteiger partial charge in [-0.05, 0) is 54.3 Å². The molecule has 3 heterocycles. The number of hydrogen-bond acceptors (Lipinski definition) is 3. The van der Waals surface area contributed by atoms with E-state index < -0.39 is 0 Å². The summed E-state index contributed by atoms with van der Waals surface area (Å²) in [7, 11) is 2.27. The third kappa shape index (κ3) is 2.96. The van der Waals surface area contributed by atoms with Gasteiger partial charge in [0.25, 0.3) is 0 Å². The first-order valence-electron chi connectivity index (χ1n) is 8.85. The second-order valence-corrected chi connectivity index (χ2v) is 8.10. The number of nitrogens with zero attached hydrogens (tertiary/aromatic N) is 2. The van der Waals surface area contributed by atoms with Gasteiger partial charge in [0.2, 0.25) is 0 Å². The first kappa shape index (κ1) is 17.7. The lowest BCUT2D eigenvalue weighted by atomic mass is 9.80. The van der Waals surface area contributed by atoms with E-state index in [1.807, 2.05) is 24.0 Å². The minimum absolute atomic E-state index is 0. The number of hydrogen-bond donors (Lipinski definition) is 1. The Morgan fingerprint density at radius 2 is 2.15 bits per heavy atom. The fourth-order valence-corrected chi connectivity index (χ4v) is 5.18. The molecule has 0 amide bonds. The molecule has 1 aliphatic carbocycles. The normalized spacial score (nSPS) is 21.8. The Hall–Kier alpha value is -1.75. The Labute approximate surface area is 164 Å². The van der Waals surface area contributed by atoms with Gasteiger partial charge in [-0.2, -0.15) is 0 Å². The summed E-state index contributed by atoms with van der Waals surface area (Å²) in [6.07, 6.45) is 7.71. The van der Waals surface area contributed by atoms with E-state index in [0.717, 1.165) is 23.7 Å². The number of thioether (sulfide) groups is 1. The molecule has 2 aliphatic rings. The summed E-state index contributed by atoms with van der Waals surface area (Å²) < 4.78 is 0. The Morgan fingerprint density at radius 1 is 1.23 bits per heavy atom. The molecule has 0 unspecified atom stereocenters. The minimum atomic E-state index is 0. The Bertz CT molecular complexity index is 950. The number of nitrogens with one attached hydrogen (secondary N) is 1. The number of likely N-dealkylation sites (N-methyl/N-ethyl adjacent to an activating group) is 1. The van der Waals surface area contributed by atoms with Crippen molar-refractivity contribution in [3.63, 3.8) is 0 Å². The number of fused-ring (bicyclic) bond motifs is 2. The summed E-state index contributed by atoms with van der Waals surface area (Å²) in [5.74, 6) is 1.63. The summed E-state index contributed by atoms with van der Waals surface area (Å²) in [6, 6.07) is 13.3. The Morgan fingerprint density at radius 3 is 3.00 bits per heavy atom. The van der Waals surface area contributed by atoms with Crippen LogP contribution in [0.2, 0.25) is 0 Å². The molecule has 2 atom stereocenters. The molecule has 3 aromatic rings. The predicted molar refractivity (Wildman–Crippen MR) is 112 cm³/mol. The van der Waals surface area contributed by atoms with Gasteiger partial charge in [-0.15, -0.1) is 24.2 Å². The van der Waals surface area contributed by atoms with Gasteiger partial charge in [-0.1, -0.05) is 24.3 Å². The van der Waals surface area contributed by atoms with Gasteiger partial charge in [0.15, 0.2) is 0 Å². The van der Waals surface area contributed by atoms with Crippen LogP contribution < -0.4 is 0 Å². The van der Waals surface area contributed by atoms with E-state index in [9.17, 15) is 0 Å². The molecule has 3 nitrogen and oxygen atoms in total. The molecule has 1 aliphatic heterocycles. The minimum Gasteiger partial charge on any atom is -0.361 e. The second-order valence-electron chi connectivity index (χ2n) is 7.06. The zero-order chi connectivity index (χ0) is 16.8. The molecule has 134 valence electrons. The van der Waals surface area contributed by atoms with Crippen LogP contribution in [0.1, 0.15) is 11.1 Å². The molecule has 5 heteroatoms. The number of aromatic amines is 1. The SMILES string of the molecule is CN1C[C@@H](CSc2ccccn2)C=C2c3cccc4[nH]cc(c34)C[C@H]21.Cl. The van der Waals surface area contributed by atoms with Crippen molar-refractivity contribution >= 4 is 40.6 Å². The lowest BCUT2D eigenvalue weighted by molar-refractivity contribution is 0.253. The van der Waals surface area contributed by atoms with Gasteiger partial charge in [0, 0.05) is 41.6 Å². The van der Waals surface area contributed by atoms with Gasteiger partial charge >= 0.3 is 0 Å². The van der Waals surface area contributed by atoms with Crippen molar-refractivity contribution < 1.29 is 0 Å². The van der Waals surface area contributed by atoms with E-state index in [-0.39, 0.29) is 12.4 Å². The Balaban J connectivity index is 0.00000168. The summed E-state index contributed by atoms with van der Waals surface area (Å²) in [5, 5.41) is 2.54. The highest BCUT2D eigenvalue weighted by molar-refractivity contribution is 7.99. The highest BCUT2D eigenvalue weighted by Gasteiger charge is 2.33. The topological polar surface area (TPSA) is 31.9 Å². The van der Waals surface area contributed by atoms with E-state index >= 15 is 0 Å². The molecule has 0 saturated carbocycles. The van der Waals surface area contributed by atoms with E-state index in [2.05, 4.69) is 64.5 Å². The van der Waals surface area contributed by atoms with Crippen molar-refractivity contribution in [3.05, 3.63) is 66.0 Å². The van der Waals surface area contributed by atoms with Crippen molar-refractivity contribution in [3.8, 4) is 0 Å². The molecule has 0 spiro atoms. The number of benzene rings is 1. The molecule has 5 rings (SSSR count). The third-order valence-electron chi connectivity index (χ3n) is 5.42. The van der Waals surface area contributed by atoms with E-state index in [1.54, 1.807) is 0 Å². The average Bonchev–Trinajstić information content (AvgIpc) is 3.06. The number of halogens is 1. The maximum Gasteiger partial charge on any atom is 0.0960 e. The molecule has 0 fully saturated rings. The van der Waals surface area contributed by atoms with E-state index in [1.165, 1.54) is 27.6 Å². The van der Waals surface area contributed by atoms with Crippen LogP contribution in [-0.4, -0.2) is 40.3 Å². The smallest absolute Gasteiger partial charge is 0.0960 e. The highest BCUT2D eigenvalue weighted by Crippen LogP contribution is 2.41. The molecule has 26 heavy (non-hydrogen) atoms. The Kier molecular flexibility index (Phi) is 4.82. The predicted octanol–water partition coefficient (Wildman–Crippen LogP) is 4.65. The number of H-pyrrole nitrogens is 1. The fourth-order valence-electron chi connectivity index (χ4n) is 4.28. The van der Waals surface area contributed by atoms with Gasteiger partial charge in [0.05, 0.1) is 5.03 Å². The van der Waals surface area contributed by atoms with Gasteiger partial charge in [-0.25, -0.2) is 4.98 Å². The molecule has 1 aromatic carbocycles. The van der Waals surface area contributed by atoms with Crippen molar-refractivity contribution in [2.45, 2.75) is 17.5 Å². The monoisotopic (exact) mass is 383 g/mol. The van der Waals surface area contributed by atoms with Crippen LogP contribution in [0.25, 0.3) is 16.5 Å². The van der Waals surface area contributed by atoms with Crippen LogP contribution in [-0.2, 0) is 6.42 Å². The van der Waals surface area contributed by atoms with E-state index in [4.69, 9.17) is 0 Å². The summed E-state index contributed by atoms with van der Waals surface area (Å²) >= 11 is 1.86. The third-order valence-corrected chi connectivity index (χ3v) is 6.56. The van der Waals surface area contributed by atoms with Crippen LogP contribution >= 0.6 is 24.2 Å². The zero-order valence-electron chi connectivity index (χ0n) is 14.7. The molecule has 0 radical (unpaired) electrons. The van der Waals surface area contributed by atoms with Crippen LogP contribution in [0, 0.1) is 5.92 Å². The summed E-state index contributed by atoms with van der Waals surface area (Å²) in [5.41, 5.74) is 5.66. The van der Waals surface area contributed by atoms with Gasteiger partial charge in [-0.3, -0.25) is 4.90 Å². The fraction of sp³-hybridized carbons (Fsp3) is 0.286. The van der Waals surface area contributed by atoms with Crippen LogP contribution in [0.15, 0.2) is 59.9 Å². The standard InChI is InChI=1S/C21H21N3S.ClH/c1-24-12-14(13-25-20-7-2-3-8-22-20)9-17-16-5-4-6-18-21(16)15(11-23-18)10-19(17)24;/h2-9,11,14,19,23H,10,12-13H2,1H3;1H/t14-,19+;/m0./s1. The summed E-state index contributed by atoms with van der Waals surface area (Å²) in [4.78, 5) is 10.4. The van der Waals surface area contributed by atoms with Crippen LogP contribution in [0.5, 0.6) is 0 Å². The molecule has 0 bridgehead atoms. The van der Waals surface area contributed by atoms with E-state index in [0.29, 0.717) is 12.0 Å². The van der Waals surface area contributed by atoms with Gasteiger partial charge in [0.1, 0.15) is 0 Å². The van der Waals surface area contributed by atoms with Crippen molar-refractivity contribution in [2.24, 2.45) is 5.92 Å². The lowest BCUT2D eigenvalue weighted by Crippen LogP contribution is -2.43. The van der Waals surface area contributed by atoms with Crippen LogP contribution in [0.3, 0.4) is 0 Å². The lowest BCUT2D eigenvalue weighted by Gasteiger charge is -2.39. The molecule has 1 N–H and O–H groups in total.